The molecule has 22 heavy (non-hydrogen) atoms. The van der Waals surface area contributed by atoms with Crippen molar-refractivity contribution in [3.63, 3.8) is 0 Å². The average molecular weight is 299 g/mol. The molecular weight excluding hydrogens is 278 g/mol. The maximum atomic E-state index is 12.4. The van der Waals surface area contributed by atoms with Crippen LogP contribution in [0.1, 0.15) is 42.8 Å². The van der Waals surface area contributed by atoms with Crippen LogP contribution in [0.2, 0.25) is 0 Å². The van der Waals surface area contributed by atoms with Gasteiger partial charge in [0, 0.05) is 19.2 Å². The molecular formula is C17H21N3O2. The lowest BCUT2D eigenvalue weighted by Gasteiger charge is -2.23. The normalized spacial score (nSPS) is 17.7. The molecule has 1 aromatic carbocycles. The molecule has 3 rings (SSSR count). The van der Waals surface area contributed by atoms with Gasteiger partial charge in [0.05, 0.1) is 11.7 Å². The number of aromatic nitrogens is 1. The standard InChI is InChI=1S/C17H21N3O2/c1-2-14-11-16(22-19-14)15-9-6-10-20(15)17(21)18-12-13-7-4-3-5-8-13/h3-5,7-8,11,15H,2,6,9-10,12H2,1H3,(H,18,21)/t15-/m0/s1. The van der Waals surface area contributed by atoms with Crippen molar-refractivity contribution in [2.45, 2.75) is 38.8 Å². The van der Waals surface area contributed by atoms with Gasteiger partial charge < -0.3 is 14.7 Å². The number of nitrogens with zero attached hydrogens (tertiary/aromatic N) is 2. The molecule has 1 fully saturated rings. The number of rotatable bonds is 4. The summed E-state index contributed by atoms with van der Waals surface area (Å²) in [6.45, 7) is 3.34. The van der Waals surface area contributed by atoms with E-state index in [1.807, 2.05) is 48.2 Å². The van der Waals surface area contributed by atoms with Gasteiger partial charge in [-0.2, -0.15) is 0 Å². The van der Waals surface area contributed by atoms with Crippen LogP contribution in [-0.2, 0) is 13.0 Å². The van der Waals surface area contributed by atoms with Crippen molar-refractivity contribution in [1.29, 1.82) is 0 Å². The van der Waals surface area contributed by atoms with Crippen molar-refractivity contribution in [3.05, 3.63) is 53.4 Å². The second-order valence-corrected chi connectivity index (χ2v) is 5.57. The van der Waals surface area contributed by atoms with Gasteiger partial charge in [-0.3, -0.25) is 0 Å². The molecule has 1 atom stereocenters. The largest absolute Gasteiger partial charge is 0.359 e. The first-order valence-corrected chi connectivity index (χ1v) is 7.82. The van der Waals surface area contributed by atoms with Crippen LogP contribution in [0.25, 0.3) is 0 Å². The number of aryl methyl sites for hydroxylation is 1. The fourth-order valence-corrected chi connectivity index (χ4v) is 2.83. The summed E-state index contributed by atoms with van der Waals surface area (Å²) in [4.78, 5) is 14.3. The van der Waals surface area contributed by atoms with E-state index in [2.05, 4.69) is 10.5 Å². The minimum Gasteiger partial charge on any atom is -0.359 e. The molecule has 0 saturated carbocycles. The first-order chi connectivity index (χ1) is 10.8. The van der Waals surface area contributed by atoms with Gasteiger partial charge >= 0.3 is 6.03 Å². The van der Waals surface area contributed by atoms with E-state index >= 15 is 0 Å². The Morgan fingerprint density at radius 1 is 1.41 bits per heavy atom. The molecule has 116 valence electrons. The van der Waals surface area contributed by atoms with Crippen LogP contribution in [0.3, 0.4) is 0 Å². The highest BCUT2D eigenvalue weighted by molar-refractivity contribution is 5.75. The first kappa shape index (κ1) is 14.6. The molecule has 2 amide bonds. The van der Waals surface area contributed by atoms with E-state index in [4.69, 9.17) is 4.52 Å². The predicted octanol–water partition coefficient (Wildman–Crippen LogP) is 3.28. The molecule has 1 N–H and O–H groups in total. The Morgan fingerprint density at radius 3 is 2.95 bits per heavy atom. The Balaban J connectivity index is 1.63. The Bertz CT molecular complexity index is 624. The van der Waals surface area contributed by atoms with E-state index in [0.717, 1.165) is 42.8 Å². The second-order valence-electron chi connectivity index (χ2n) is 5.57. The van der Waals surface area contributed by atoms with Crippen LogP contribution >= 0.6 is 0 Å². The van der Waals surface area contributed by atoms with Gasteiger partial charge in [-0.15, -0.1) is 0 Å². The van der Waals surface area contributed by atoms with Gasteiger partial charge in [0.2, 0.25) is 0 Å². The quantitative estimate of drug-likeness (QED) is 0.942. The fourth-order valence-electron chi connectivity index (χ4n) is 2.83. The third-order valence-electron chi connectivity index (χ3n) is 4.07. The summed E-state index contributed by atoms with van der Waals surface area (Å²) < 4.78 is 5.41. The molecule has 1 saturated heterocycles. The lowest BCUT2D eigenvalue weighted by molar-refractivity contribution is 0.182. The molecule has 2 heterocycles. The SMILES string of the molecule is CCc1cc([C@@H]2CCCN2C(=O)NCc2ccccc2)on1. The third-order valence-corrected chi connectivity index (χ3v) is 4.07. The summed E-state index contributed by atoms with van der Waals surface area (Å²) in [5, 5.41) is 7.02. The van der Waals surface area contributed by atoms with Gasteiger partial charge in [0.25, 0.3) is 0 Å². The number of hydrogen-bond donors (Lipinski definition) is 1. The fraction of sp³-hybridized carbons (Fsp3) is 0.412. The van der Waals surface area contributed by atoms with Crippen LogP contribution in [-0.4, -0.2) is 22.6 Å². The van der Waals surface area contributed by atoms with Crippen molar-refractivity contribution in [3.8, 4) is 0 Å². The molecule has 1 aliphatic heterocycles. The molecule has 0 aliphatic carbocycles. The van der Waals surface area contributed by atoms with E-state index in [-0.39, 0.29) is 12.1 Å². The van der Waals surface area contributed by atoms with Crippen LogP contribution in [0, 0.1) is 0 Å². The van der Waals surface area contributed by atoms with Crippen molar-refractivity contribution >= 4 is 6.03 Å². The Hall–Kier alpha value is -2.30. The minimum atomic E-state index is -0.0409. The highest BCUT2D eigenvalue weighted by Crippen LogP contribution is 2.32. The van der Waals surface area contributed by atoms with Gasteiger partial charge in [-0.05, 0) is 24.8 Å². The van der Waals surface area contributed by atoms with Crippen LogP contribution in [0.5, 0.6) is 0 Å². The molecule has 1 aliphatic rings. The molecule has 0 unspecified atom stereocenters. The van der Waals surface area contributed by atoms with E-state index < -0.39 is 0 Å². The van der Waals surface area contributed by atoms with E-state index in [9.17, 15) is 4.79 Å². The van der Waals surface area contributed by atoms with Gasteiger partial charge in [-0.25, -0.2) is 4.79 Å². The van der Waals surface area contributed by atoms with E-state index in [0.29, 0.717) is 6.54 Å². The first-order valence-electron chi connectivity index (χ1n) is 7.82. The highest BCUT2D eigenvalue weighted by atomic mass is 16.5. The number of amides is 2. The third kappa shape index (κ3) is 3.13. The Morgan fingerprint density at radius 2 is 2.23 bits per heavy atom. The van der Waals surface area contributed by atoms with Crippen LogP contribution in [0.4, 0.5) is 4.79 Å². The van der Waals surface area contributed by atoms with Crippen LogP contribution in [0.15, 0.2) is 40.9 Å². The predicted molar refractivity (Wildman–Crippen MR) is 83.2 cm³/mol. The van der Waals surface area contributed by atoms with Crippen molar-refractivity contribution < 1.29 is 9.32 Å². The molecule has 5 nitrogen and oxygen atoms in total. The summed E-state index contributed by atoms with van der Waals surface area (Å²) in [6, 6.07) is 11.9. The summed E-state index contributed by atoms with van der Waals surface area (Å²) in [7, 11) is 0. The molecule has 2 aromatic rings. The lowest BCUT2D eigenvalue weighted by Crippen LogP contribution is -2.39. The van der Waals surface area contributed by atoms with Crippen LogP contribution < -0.4 is 5.32 Å². The lowest BCUT2D eigenvalue weighted by atomic mass is 10.1. The van der Waals surface area contributed by atoms with Gasteiger partial charge in [0.15, 0.2) is 5.76 Å². The number of urea groups is 1. The molecule has 1 aromatic heterocycles. The number of carbonyl (C=O) groups is 1. The zero-order chi connectivity index (χ0) is 15.4. The second kappa shape index (κ2) is 6.64. The number of likely N-dealkylation sites (tertiary alicyclic amines) is 1. The smallest absolute Gasteiger partial charge is 0.318 e. The zero-order valence-electron chi connectivity index (χ0n) is 12.8. The molecule has 0 bridgehead atoms. The average Bonchev–Trinajstić information content (AvgIpc) is 3.21. The monoisotopic (exact) mass is 299 g/mol. The maximum Gasteiger partial charge on any atom is 0.318 e. The van der Waals surface area contributed by atoms with E-state index in [1.165, 1.54) is 0 Å². The number of hydrogen-bond acceptors (Lipinski definition) is 3. The van der Waals surface area contributed by atoms with Crippen molar-refractivity contribution in [2.24, 2.45) is 0 Å². The van der Waals surface area contributed by atoms with Gasteiger partial charge in [0.1, 0.15) is 0 Å². The number of carbonyl (C=O) groups excluding carboxylic acids is 1. The molecule has 0 spiro atoms. The Labute approximate surface area is 130 Å². The Kier molecular flexibility index (Phi) is 4.42. The highest BCUT2D eigenvalue weighted by Gasteiger charge is 2.32. The summed E-state index contributed by atoms with van der Waals surface area (Å²) in [5.74, 6) is 0.796. The van der Waals surface area contributed by atoms with Crippen molar-refractivity contribution in [1.82, 2.24) is 15.4 Å². The topological polar surface area (TPSA) is 58.4 Å². The summed E-state index contributed by atoms with van der Waals surface area (Å²) in [5.41, 5.74) is 2.03. The zero-order valence-corrected chi connectivity index (χ0v) is 12.8. The minimum absolute atomic E-state index is 0.00331. The van der Waals surface area contributed by atoms with Crippen molar-refractivity contribution in [2.75, 3.05) is 6.54 Å². The molecule has 5 heteroatoms. The number of benzene rings is 1. The number of nitrogens with one attached hydrogen (secondary N) is 1. The van der Waals surface area contributed by atoms with Gasteiger partial charge in [-0.1, -0.05) is 42.4 Å². The maximum absolute atomic E-state index is 12.4. The summed E-state index contributed by atoms with van der Waals surface area (Å²) >= 11 is 0. The van der Waals surface area contributed by atoms with E-state index in [1.54, 1.807) is 0 Å². The molecule has 0 radical (unpaired) electrons. The summed E-state index contributed by atoms with van der Waals surface area (Å²) in [6.07, 6.45) is 2.76.